The van der Waals surface area contributed by atoms with E-state index >= 15 is 0 Å². The molecule has 1 aliphatic heterocycles. The summed E-state index contributed by atoms with van der Waals surface area (Å²) in [5.41, 5.74) is 24.6. The van der Waals surface area contributed by atoms with Gasteiger partial charge < -0.3 is 74.9 Å². The van der Waals surface area contributed by atoms with Crippen molar-refractivity contribution >= 4 is 90.3 Å². The fourth-order valence-corrected chi connectivity index (χ4v) is 8.48. The summed E-state index contributed by atoms with van der Waals surface area (Å²) in [6.45, 7) is 10.1. The number of carboxylic acid groups (broad SMARTS) is 1. The van der Waals surface area contributed by atoms with Gasteiger partial charge in [-0.15, -0.1) is 0 Å². The standard InChI is InChI=1S/C48H78N12O13S2/c1-8-24(2)38(59-43(68)31(57-46(71)39(52)48(5,6)75)20-28-25(3)18-27(73-7)19-26(28)4)45(70)55-30(14-15-37(63)64)41(66)56-32(21-35(50)61)42(67)58-33(23-74)47(72)60-17-11-13-34(60)44(69)54-29(12-9-10-16-49)40(65)53-22-36(51)62/h18-19,24,29-34,38-39,74-75H,8-17,20-23,49,52H2,1-7H3,(H2,50,61)(H2,51,62)(H,53,65)(H,54,69)(H,55,70)(H,56,66)(H,57,71)(H,58,67)(H,59,68)(H,63,64)/t24-,29-,30-,31-,32-,33-,34-,38-,39-/m0/s1. The summed E-state index contributed by atoms with van der Waals surface area (Å²) in [6, 6.07) is -7.50. The lowest BCUT2D eigenvalue weighted by atomic mass is 9.93. The van der Waals surface area contributed by atoms with E-state index in [0.717, 1.165) is 11.1 Å². The molecule has 75 heavy (non-hydrogen) atoms. The van der Waals surface area contributed by atoms with Crippen LogP contribution in [0.4, 0.5) is 0 Å². The number of methoxy groups -OCH3 is 1. The van der Waals surface area contributed by atoms with Gasteiger partial charge in [-0.25, -0.2) is 0 Å². The number of amides is 10. The predicted octanol–water partition coefficient (Wildman–Crippen LogP) is -2.76. The van der Waals surface area contributed by atoms with Crippen LogP contribution >= 0.6 is 25.3 Å². The second kappa shape index (κ2) is 31.0. The summed E-state index contributed by atoms with van der Waals surface area (Å²) in [7, 11) is 1.50. The van der Waals surface area contributed by atoms with E-state index in [4.69, 9.17) is 27.7 Å². The van der Waals surface area contributed by atoms with Gasteiger partial charge in [0.25, 0.3) is 0 Å². The number of ether oxygens (including phenoxy) is 1. The molecule has 27 heteroatoms. The first kappa shape index (κ1) is 64.9. The number of nitrogens with two attached hydrogens (primary N) is 4. The van der Waals surface area contributed by atoms with Gasteiger partial charge in [-0.3, -0.25) is 52.7 Å². The molecule has 0 saturated carbocycles. The molecule has 0 radical (unpaired) electrons. The number of carbonyl (C=O) groups excluding carboxylic acids is 10. The Bertz CT molecular complexity index is 2210. The summed E-state index contributed by atoms with van der Waals surface area (Å²) < 4.78 is 4.38. The highest BCUT2D eigenvalue weighted by Crippen LogP contribution is 2.24. The lowest BCUT2D eigenvalue weighted by molar-refractivity contribution is -0.142. The fraction of sp³-hybridized carbons (Fsp3) is 0.646. The summed E-state index contributed by atoms with van der Waals surface area (Å²) in [6.07, 6.45) is -0.118. The van der Waals surface area contributed by atoms with E-state index in [1.54, 1.807) is 53.7 Å². The molecule has 0 unspecified atom stereocenters. The minimum atomic E-state index is -1.80. The van der Waals surface area contributed by atoms with E-state index in [1.165, 1.54) is 12.0 Å². The van der Waals surface area contributed by atoms with Crippen LogP contribution in [0, 0.1) is 19.8 Å². The third-order valence-electron chi connectivity index (χ3n) is 12.8. The number of likely N-dealkylation sites (tertiary alicyclic amines) is 1. The molecule has 9 atom stereocenters. The number of nitrogens with one attached hydrogen (secondary N) is 7. The van der Waals surface area contributed by atoms with E-state index < -0.39 is 150 Å². The number of aliphatic carboxylic acids is 1. The third-order valence-corrected chi connectivity index (χ3v) is 13.4. The number of nitrogens with zero attached hydrogens (tertiary/aromatic N) is 1. The number of unbranched alkanes of at least 4 members (excludes halogenated alkanes) is 1. The van der Waals surface area contributed by atoms with Crippen molar-refractivity contribution in [3.8, 4) is 5.75 Å². The Hall–Kier alpha value is -6.19. The molecule has 1 aromatic carbocycles. The van der Waals surface area contributed by atoms with Crippen LogP contribution in [0.2, 0.25) is 0 Å². The van der Waals surface area contributed by atoms with Crippen molar-refractivity contribution in [3.05, 3.63) is 28.8 Å². The second-order valence-electron chi connectivity index (χ2n) is 19.2. The molecule has 2 rings (SSSR count). The van der Waals surface area contributed by atoms with Crippen LogP contribution in [-0.4, -0.2) is 161 Å². The number of benzene rings is 1. The number of carbonyl (C=O) groups is 11. The second-order valence-corrected chi connectivity index (χ2v) is 20.7. The number of primary amides is 2. The maximum absolute atomic E-state index is 14.3. The average Bonchev–Trinajstić information content (AvgIpc) is 3.84. The molecule has 1 saturated heterocycles. The lowest BCUT2D eigenvalue weighted by Crippen LogP contribution is -2.62. The van der Waals surface area contributed by atoms with Gasteiger partial charge >= 0.3 is 5.97 Å². The summed E-state index contributed by atoms with van der Waals surface area (Å²) >= 11 is 8.68. The number of aryl methyl sites for hydroxylation is 2. The first-order valence-corrected chi connectivity index (χ1v) is 25.8. The van der Waals surface area contributed by atoms with Crippen LogP contribution in [0.5, 0.6) is 5.75 Å². The molecule has 16 N–H and O–H groups in total. The van der Waals surface area contributed by atoms with Gasteiger partial charge in [-0.05, 0) is 108 Å². The van der Waals surface area contributed by atoms with Gasteiger partial charge in [0.15, 0.2) is 0 Å². The van der Waals surface area contributed by atoms with Crippen LogP contribution in [0.15, 0.2) is 12.1 Å². The van der Waals surface area contributed by atoms with Gasteiger partial charge in [-0.1, -0.05) is 20.3 Å². The maximum Gasteiger partial charge on any atom is 0.303 e. The molecule has 0 spiro atoms. The van der Waals surface area contributed by atoms with E-state index in [-0.39, 0.29) is 31.6 Å². The van der Waals surface area contributed by atoms with Gasteiger partial charge in [0, 0.05) is 29.9 Å². The molecule has 0 bridgehead atoms. The Morgan fingerprint density at radius 2 is 1.35 bits per heavy atom. The van der Waals surface area contributed by atoms with Gasteiger partial charge in [0.05, 0.1) is 26.1 Å². The highest BCUT2D eigenvalue weighted by molar-refractivity contribution is 7.81. The van der Waals surface area contributed by atoms with Gasteiger partial charge in [0.2, 0.25) is 59.1 Å². The Kier molecular flexibility index (Phi) is 26.8. The van der Waals surface area contributed by atoms with Crippen molar-refractivity contribution in [1.29, 1.82) is 0 Å². The van der Waals surface area contributed by atoms with Gasteiger partial charge in [0.1, 0.15) is 48.0 Å². The van der Waals surface area contributed by atoms with Crippen LogP contribution in [0.25, 0.3) is 0 Å². The number of carboxylic acids is 1. The van der Waals surface area contributed by atoms with Crippen molar-refractivity contribution in [1.82, 2.24) is 42.1 Å². The van der Waals surface area contributed by atoms with Crippen LogP contribution in [-0.2, 0) is 59.2 Å². The minimum absolute atomic E-state index is 0.0499. The lowest BCUT2D eigenvalue weighted by Gasteiger charge is -2.31. The summed E-state index contributed by atoms with van der Waals surface area (Å²) in [5, 5.41) is 27.3. The molecular formula is C48H78N12O13S2. The highest BCUT2D eigenvalue weighted by Gasteiger charge is 2.41. The predicted molar refractivity (Wildman–Crippen MR) is 283 cm³/mol. The first-order chi connectivity index (χ1) is 35.1. The molecule has 1 fully saturated rings. The fourth-order valence-electron chi connectivity index (χ4n) is 8.11. The van der Waals surface area contributed by atoms with E-state index in [9.17, 15) is 57.8 Å². The molecule has 25 nitrogen and oxygen atoms in total. The number of thiol groups is 2. The number of rotatable bonds is 32. The van der Waals surface area contributed by atoms with Crippen molar-refractivity contribution in [2.45, 2.75) is 159 Å². The third kappa shape index (κ3) is 20.8. The quantitative estimate of drug-likeness (QED) is 0.0257. The van der Waals surface area contributed by atoms with Crippen LogP contribution in [0.3, 0.4) is 0 Å². The molecule has 420 valence electrons. The Morgan fingerprint density at radius 3 is 1.88 bits per heavy atom. The molecule has 1 heterocycles. The zero-order chi connectivity index (χ0) is 56.9. The Balaban J connectivity index is 2.42. The van der Waals surface area contributed by atoms with Crippen LogP contribution in [0.1, 0.15) is 102 Å². The Labute approximate surface area is 448 Å². The van der Waals surface area contributed by atoms with Crippen molar-refractivity contribution in [2.75, 3.05) is 32.5 Å². The van der Waals surface area contributed by atoms with Crippen LogP contribution < -0.4 is 64.9 Å². The largest absolute Gasteiger partial charge is 0.497 e. The number of hydrogen-bond donors (Lipinski definition) is 14. The topological polar surface area (TPSA) is 409 Å². The monoisotopic (exact) mass is 1090 g/mol. The minimum Gasteiger partial charge on any atom is -0.497 e. The Morgan fingerprint density at radius 1 is 0.787 bits per heavy atom. The average molecular weight is 1100 g/mol. The van der Waals surface area contributed by atoms with E-state index in [2.05, 4.69) is 62.5 Å². The smallest absolute Gasteiger partial charge is 0.303 e. The normalized spacial score (nSPS) is 16.5. The zero-order valence-corrected chi connectivity index (χ0v) is 45.5. The summed E-state index contributed by atoms with van der Waals surface area (Å²) in [5.74, 6) is -10.5. The molecule has 0 aliphatic carbocycles. The van der Waals surface area contributed by atoms with Crippen molar-refractivity contribution < 1.29 is 62.6 Å². The zero-order valence-electron chi connectivity index (χ0n) is 43.7. The molecule has 1 aliphatic rings. The van der Waals surface area contributed by atoms with Crippen molar-refractivity contribution in [2.24, 2.45) is 28.9 Å². The van der Waals surface area contributed by atoms with E-state index in [1.807, 2.05) is 0 Å². The first-order valence-electron chi connectivity index (χ1n) is 24.7. The van der Waals surface area contributed by atoms with Gasteiger partial charge in [-0.2, -0.15) is 25.3 Å². The molecule has 10 amide bonds. The summed E-state index contributed by atoms with van der Waals surface area (Å²) in [4.78, 5) is 147. The maximum atomic E-state index is 14.3. The van der Waals surface area contributed by atoms with E-state index in [0.29, 0.717) is 43.5 Å². The highest BCUT2D eigenvalue weighted by atomic mass is 32.1. The molecule has 0 aromatic heterocycles. The molecular weight excluding hydrogens is 1020 g/mol. The SMILES string of the molecule is CC[C@H](C)[C@H](NC(=O)[C@H](Cc1c(C)cc(OC)cc1C)NC(=O)[C@H](N)C(C)(C)S)C(=O)N[C@@H](CCC(=O)O)C(=O)N[C@@H](CC(N)=O)C(=O)N[C@@H](CS)C(=O)N1CCC[C@H]1C(=O)N[C@@H](CCCCN)C(=O)NCC(N)=O. The van der Waals surface area contributed by atoms with Crippen molar-refractivity contribution in [3.63, 3.8) is 0 Å². The molecule has 1 aromatic rings. The number of hydrogen-bond acceptors (Lipinski definition) is 16.